The summed E-state index contributed by atoms with van der Waals surface area (Å²) in [5.41, 5.74) is 4.09. The molecule has 0 bridgehead atoms. The Kier molecular flexibility index (Phi) is 6.05. The molecule has 0 aromatic heterocycles. The fraction of sp³-hybridized carbons (Fsp3) is 0.458. The van der Waals surface area contributed by atoms with Gasteiger partial charge in [-0.25, -0.2) is 0 Å². The largest absolute Gasteiger partial charge is 0.497 e. The fourth-order valence-corrected chi connectivity index (χ4v) is 4.75. The van der Waals surface area contributed by atoms with Gasteiger partial charge in [0, 0.05) is 43.9 Å². The Morgan fingerprint density at radius 1 is 1.07 bits per heavy atom. The van der Waals surface area contributed by atoms with E-state index in [9.17, 15) is 4.79 Å². The van der Waals surface area contributed by atoms with Gasteiger partial charge in [-0.1, -0.05) is 24.3 Å². The van der Waals surface area contributed by atoms with E-state index in [-0.39, 0.29) is 5.91 Å². The minimum atomic E-state index is 0.278. The first kappa shape index (κ1) is 19.8. The van der Waals surface area contributed by atoms with Gasteiger partial charge in [0.25, 0.3) is 5.91 Å². The molecule has 0 spiro atoms. The SMILES string of the molecule is COc1ccc(N2CCN(C(=O)C[NH+](C)[C@H]3CCCc4ccccc43)CC2)cc1. The lowest BCUT2D eigenvalue weighted by Crippen LogP contribution is -3.10. The molecule has 4 rings (SSSR count). The highest BCUT2D eigenvalue weighted by atomic mass is 16.5. The molecular formula is C24H32N3O2+. The van der Waals surface area contributed by atoms with Crippen molar-refractivity contribution in [3.8, 4) is 5.75 Å². The molecule has 154 valence electrons. The molecule has 29 heavy (non-hydrogen) atoms. The van der Waals surface area contributed by atoms with Crippen molar-refractivity contribution in [2.24, 2.45) is 0 Å². The van der Waals surface area contributed by atoms with E-state index in [4.69, 9.17) is 4.74 Å². The minimum absolute atomic E-state index is 0.278. The zero-order valence-corrected chi connectivity index (χ0v) is 17.6. The van der Waals surface area contributed by atoms with Gasteiger partial charge in [-0.3, -0.25) is 4.79 Å². The first-order valence-corrected chi connectivity index (χ1v) is 10.7. The second-order valence-electron chi connectivity index (χ2n) is 8.23. The Bertz CT molecular complexity index is 828. The van der Waals surface area contributed by atoms with Gasteiger partial charge in [0.2, 0.25) is 0 Å². The van der Waals surface area contributed by atoms with E-state index < -0.39 is 0 Å². The maximum Gasteiger partial charge on any atom is 0.277 e. The summed E-state index contributed by atoms with van der Waals surface area (Å²) in [6.45, 7) is 3.91. The summed E-state index contributed by atoms with van der Waals surface area (Å²) in [6, 6.07) is 17.4. The molecular weight excluding hydrogens is 362 g/mol. The van der Waals surface area contributed by atoms with Crippen LogP contribution in [0, 0.1) is 0 Å². The number of fused-ring (bicyclic) bond motifs is 1. The normalized spacial score (nSPS) is 20.1. The molecule has 1 saturated heterocycles. The van der Waals surface area contributed by atoms with Crippen LogP contribution in [0.15, 0.2) is 48.5 Å². The van der Waals surface area contributed by atoms with Crippen LogP contribution in [0.3, 0.4) is 0 Å². The second kappa shape index (κ2) is 8.87. The lowest BCUT2D eigenvalue weighted by atomic mass is 9.87. The van der Waals surface area contributed by atoms with Crippen LogP contribution in [-0.2, 0) is 11.2 Å². The number of rotatable bonds is 5. The highest BCUT2D eigenvalue weighted by Crippen LogP contribution is 2.27. The van der Waals surface area contributed by atoms with Crippen molar-refractivity contribution < 1.29 is 14.4 Å². The molecule has 0 saturated carbocycles. The van der Waals surface area contributed by atoms with Crippen molar-refractivity contribution in [2.45, 2.75) is 25.3 Å². The van der Waals surface area contributed by atoms with E-state index >= 15 is 0 Å². The summed E-state index contributed by atoms with van der Waals surface area (Å²) in [7, 11) is 3.86. The summed E-state index contributed by atoms with van der Waals surface area (Å²) in [5.74, 6) is 1.15. The molecule has 1 unspecified atom stereocenters. The number of carbonyl (C=O) groups excluding carboxylic acids is 1. The third-order valence-corrected chi connectivity index (χ3v) is 6.46. The van der Waals surface area contributed by atoms with E-state index in [0.717, 1.165) is 31.9 Å². The average molecular weight is 395 g/mol. The molecule has 5 nitrogen and oxygen atoms in total. The van der Waals surface area contributed by atoms with E-state index in [0.29, 0.717) is 12.6 Å². The smallest absolute Gasteiger partial charge is 0.277 e. The quantitative estimate of drug-likeness (QED) is 0.842. The monoisotopic (exact) mass is 394 g/mol. The molecule has 1 aliphatic heterocycles. The lowest BCUT2D eigenvalue weighted by molar-refractivity contribution is -0.905. The molecule has 2 aromatic rings. The number of methoxy groups -OCH3 is 1. The maximum absolute atomic E-state index is 13.0. The number of hydrogen-bond acceptors (Lipinski definition) is 3. The van der Waals surface area contributed by atoms with Crippen LogP contribution < -0.4 is 14.5 Å². The number of likely N-dealkylation sites (N-methyl/N-ethyl adjacent to an activating group) is 1. The number of carbonyl (C=O) groups is 1. The number of ether oxygens (including phenoxy) is 1. The third-order valence-electron chi connectivity index (χ3n) is 6.46. The first-order valence-electron chi connectivity index (χ1n) is 10.7. The summed E-state index contributed by atoms with van der Waals surface area (Å²) < 4.78 is 5.24. The van der Waals surface area contributed by atoms with Gasteiger partial charge in [0.1, 0.15) is 11.8 Å². The molecule has 1 amide bonds. The molecule has 5 heteroatoms. The molecule has 2 atom stereocenters. The Hall–Kier alpha value is -2.53. The van der Waals surface area contributed by atoms with Crippen LogP contribution in [0.25, 0.3) is 0 Å². The van der Waals surface area contributed by atoms with E-state index in [2.05, 4.69) is 48.3 Å². The van der Waals surface area contributed by atoms with Gasteiger partial charge in [-0.2, -0.15) is 0 Å². The van der Waals surface area contributed by atoms with Gasteiger partial charge in [0.05, 0.1) is 14.2 Å². The zero-order chi connectivity index (χ0) is 20.2. The van der Waals surface area contributed by atoms with E-state index in [1.165, 1.54) is 41.0 Å². The minimum Gasteiger partial charge on any atom is -0.497 e. The van der Waals surface area contributed by atoms with Crippen molar-refractivity contribution in [1.29, 1.82) is 0 Å². The standard InChI is InChI=1S/C24H31N3O2/c1-25(23-9-5-7-19-6-3-4-8-22(19)23)18-24(28)27-16-14-26(15-17-27)20-10-12-21(29-2)13-11-20/h3-4,6,8,10-13,23H,5,7,9,14-18H2,1-2H3/p+1/t23-/m0/s1. The van der Waals surface area contributed by atoms with Crippen molar-refractivity contribution in [3.05, 3.63) is 59.7 Å². The molecule has 2 aromatic carbocycles. The number of nitrogens with one attached hydrogen (secondary N) is 1. The zero-order valence-electron chi connectivity index (χ0n) is 17.6. The molecule has 0 radical (unpaired) electrons. The van der Waals surface area contributed by atoms with Crippen LogP contribution in [0.2, 0.25) is 0 Å². The van der Waals surface area contributed by atoms with Crippen LogP contribution in [0.4, 0.5) is 5.69 Å². The Labute approximate surface area is 173 Å². The van der Waals surface area contributed by atoms with Gasteiger partial charge in [-0.05, 0) is 42.7 Å². The summed E-state index contributed by atoms with van der Waals surface area (Å²) in [4.78, 5) is 18.7. The molecule has 1 N–H and O–H groups in total. The Morgan fingerprint density at radius 2 is 1.79 bits per heavy atom. The number of nitrogens with zero attached hydrogens (tertiary/aromatic N) is 2. The number of amides is 1. The number of anilines is 1. The van der Waals surface area contributed by atoms with Gasteiger partial charge >= 0.3 is 0 Å². The molecule has 1 heterocycles. The topological polar surface area (TPSA) is 37.2 Å². The van der Waals surface area contributed by atoms with E-state index in [1.807, 2.05) is 17.0 Å². The molecule has 1 aliphatic carbocycles. The van der Waals surface area contributed by atoms with Crippen LogP contribution in [-0.4, -0.2) is 57.7 Å². The second-order valence-corrected chi connectivity index (χ2v) is 8.23. The number of benzene rings is 2. The first-order chi connectivity index (χ1) is 14.2. The molecule has 2 aliphatic rings. The Morgan fingerprint density at radius 3 is 2.52 bits per heavy atom. The average Bonchev–Trinajstić information content (AvgIpc) is 2.78. The number of hydrogen-bond donors (Lipinski definition) is 1. The third kappa shape index (κ3) is 4.40. The maximum atomic E-state index is 13.0. The van der Waals surface area contributed by atoms with Crippen LogP contribution >= 0.6 is 0 Å². The van der Waals surface area contributed by atoms with Crippen LogP contribution in [0.5, 0.6) is 5.75 Å². The van der Waals surface area contributed by atoms with Gasteiger partial charge in [0.15, 0.2) is 6.54 Å². The Balaban J connectivity index is 1.32. The highest BCUT2D eigenvalue weighted by molar-refractivity contribution is 5.77. The van der Waals surface area contributed by atoms with Crippen molar-refractivity contribution >= 4 is 11.6 Å². The predicted molar refractivity (Wildman–Crippen MR) is 116 cm³/mol. The van der Waals surface area contributed by atoms with Crippen LogP contribution in [0.1, 0.15) is 30.0 Å². The predicted octanol–water partition coefficient (Wildman–Crippen LogP) is 1.94. The van der Waals surface area contributed by atoms with Crippen molar-refractivity contribution in [3.63, 3.8) is 0 Å². The summed E-state index contributed by atoms with van der Waals surface area (Å²) in [5, 5.41) is 0. The van der Waals surface area contributed by atoms with Crippen molar-refractivity contribution in [2.75, 3.05) is 51.8 Å². The summed E-state index contributed by atoms with van der Waals surface area (Å²) >= 11 is 0. The lowest BCUT2D eigenvalue weighted by Gasteiger charge is -2.37. The fourth-order valence-electron chi connectivity index (χ4n) is 4.75. The molecule has 1 fully saturated rings. The number of quaternary nitrogens is 1. The van der Waals surface area contributed by atoms with Crippen molar-refractivity contribution in [1.82, 2.24) is 4.90 Å². The van der Waals surface area contributed by atoms with Gasteiger partial charge < -0.3 is 19.4 Å². The highest BCUT2D eigenvalue weighted by Gasteiger charge is 2.30. The summed E-state index contributed by atoms with van der Waals surface area (Å²) in [6.07, 6.45) is 3.55. The van der Waals surface area contributed by atoms with Gasteiger partial charge in [-0.15, -0.1) is 0 Å². The number of piperazine rings is 1. The number of aryl methyl sites for hydroxylation is 1. The van der Waals surface area contributed by atoms with E-state index in [1.54, 1.807) is 7.11 Å².